The van der Waals surface area contributed by atoms with Gasteiger partial charge in [-0.15, -0.1) is 0 Å². The predicted octanol–water partition coefficient (Wildman–Crippen LogP) is 2.86. The van der Waals surface area contributed by atoms with Gasteiger partial charge < -0.3 is 4.57 Å². The van der Waals surface area contributed by atoms with E-state index >= 15 is 0 Å². The Kier molecular flexibility index (Phi) is 4.21. The second-order valence-electron chi connectivity index (χ2n) is 4.62. The van der Waals surface area contributed by atoms with E-state index in [-0.39, 0.29) is 4.90 Å². The summed E-state index contributed by atoms with van der Waals surface area (Å²) in [5.74, 6) is 0. The number of hydrogen-bond donors (Lipinski definition) is 1. The smallest absolute Gasteiger partial charge is 0.294 e. The fourth-order valence-corrected chi connectivity index (χ4v) is 2.59. The molecule has 0 saturated carbocycles. The molecule has 0 aliphatic carbocycles. The van der Waals surface area contributed by atoms with Crippen molar-refractivity contribution in [3.05, 3.63) is 24.5 Å². The standard InChI is InChI=1S/C13H18N2O3S/c1-2-3-4-5-8-15-10-14-12-9-11(19(16,17)18)6-7-13(12)15/h6-7,9-10H,2-5,8H2,1H3,(H,16,17,18). The van der Waals surface area contributed by atoms with Crippen LogP contribution in [-0.4, -0.2) is 22.5 Å². The maximum atomic E-state index is 11.0. The van der Waals surface area contributed by atoms with Gasteiger partial charge in [0, 0.05) is 6.54 Å². The van der Waals surface area contributed by atoms with Crippen LogP contribution in [0.15, 0.2) is 29.4 Å². The molecule has 5 nitrogen and oxygen atoms in total. The molecule has 0 aliphatic rings. The van der Waals surface area contributed by atoms with Gasteiger partial charge in [0.05, 0.1) is 22.3 Å². The van der Waals surface area contributed by atoms with Gasteiger partial charge in [0.25, 0.3) is 10.1 Å². The van der Waals surface area contributed by atoms with Crippen LogP contribution in [0.3, 0.4) is 0 Å². The lowest BCUT2D eigenvalue weighted by atomic mass is 10.2. The molecular weight excluding hydrogens is 264 g/mol. The fraction of sp³-hybridized carbons (Fsp3) is 0.462. The van der Waals surface area contributed by atoms with Crippen molar-refractivity contribution in [2.24, 2.45) is 0 Å². The zero-order chi connectivity index (χ0) is 13.9. The van der Waals surface area contributed by atoms with Crippen LogP contribution >= 0.6 is 0 Å². The summed E-state index contributed by atoms with van der Waals surface area (Å²) in [5.41, 5.74) is 1.48. The highest BCUT2D eigenvalue weighted by Gasteiger charge is 2.11. The lowest BCUT2D eigenvalue weighted by molar-refractivity contribution is 0.483. The van der Waals surface area contributed by atoms with Crippen LogP contribution in [0.25, 0.3) is 11.0 Å². The fourth-order valence-electron chi connectivity index (χ4n) is 2.09. The molecule has 19 heavy (non-hydrogen) atoms. The number of hydrogen-bond acceptors (Lipinski definition) is 3. The van der Waals surface area contributed by atoms with Gasteiger partial charge in [-0.05, 0) is 24.6 Å². The van der Waals surface area contributed by atoms with E-state index in [1.165, 1.54) is 31.4 Å². The monoisotopic (exact) mass is 282 g/mol. The lowest BCUT2D eigenvalue weighted by Gasteiger charge is -2.04. The molecule has 0 aliphatic heterocycles. The summed E-state index contributed by atoms with van der Waals surface area (Å²) in [6, 6.07) is 4.49. The van der Waals surface area contributed by atoms with Crippen LogP contribution in [0.2, 0.25) is 0 Å². The van der Waals surface area contributed by atoms with Crippen LogP contribution < -0.4 is 0 Å². The van der Waals surface area contributed by atoms with Crippen molar-refractivity contribution in [3.8, 4) is 0 Å². The zero-order valence-corrected chi connectivity index (χ0v) is 11.7. The van der Waals surface area contributed by atoms with Gasteiger partial charge in [-0.1, -0.05) is 26.2 Å². The Hall–Kier alpha value is -1.40. The summed E-state index contributed by atoms with van der Waals surface area (Å²) in [7, 11) is -4.16. The van der Waals surface area contributed by atoms with Crippen molar-refractivity contribution < 1.29 is 13.0 Å². The van der Waals surface area contributed by atoms with Crippen molar-refractivity contribution in [3.63, 3.8) is 0 Å². The zero-order valence-electron chi connectivity index (χ0n) is 10.9. The normalized spacial score (nSPS) is 12.1. The van der Waals surface area contributed by atoms with Crippen LogP contribution in [-0.2, 0) is 16.7 Å². The van der Waals surface area contributed by atoms with Crippen molar-refractivity contribution in [1.82, 2.24) is 9.55 Å². The highest BCUT2D eigenvalue weighted by molar-refractivity contribution is 7.85. The van der Waals surface area contributed by atoms with Crippen molar-refractivity contribution >= 4 is 21.2 Å². The van der Waals surface area contributed by atoms with E-state index in [1.54, 1.807) is 12.4 Å². The number of nitrogens with zero attached hydrogens (tertiary/aromatic N) is 2. The minimum absolute atomic E-state index is 0.115. The number of aromatic nitrogens is 2. The maximum absolute atomic E-state index is 11.0. The largest absolute Gasteiger partial charge is 0.331 e. The lowest BCUT2D eigenvalue weighted by Crippen LogP contribution is -1.99. The van der Waals surface area contributed by atoms with Crippen molar-refractivity contribution in [2.45, 2.75) is 44.0 Å². The molecule has 1 aromatic carbocycles. The van der Waals surface area contributed by atoms with Gasteiger partial charge in [0.2, 0.25) is 0 Å². The first-order chi connectivity index (χ1) is 9.02. The molecule has 104 valence electrons. The first-order valence-corrected chi connectivity index (χ1v) is 7.89. The molecule has 0 amide bonds. The molecule has 0 atom stereocenters. The van der Waals surface area contributed by atoms with Crippen LogP contribution in [0.4, 0.5) is 0 Å². The topological polar surface area (TPSA) is 72.2 Å². The molecule has 1 heterocycles. The van der Waals surface area contributed by atoms with Crippen molar-refractivity contribution in [2.75, 3.05) is 0 Å². The third-order valence-corrected chi connectivity index (χ3v) is 3.99. The summed E-state index contributed by atoms with van der Waals surface area (Å²) in [4.78, 5) is 4.06. The molecule has 0 fully saturated rings. The first kappa shape index (κ1) is 14.0. The molecule has 0 bridgehead atoms. The molecule has 0 unspecified atom stereocenters. The van der Waals surface area contributed by atoms with Crippen LogP contribution in [0.1, 0.15) is 32.6 Å². The summed E-state index contributed by atoms with van der Waals surface area (Å²) >= 11 is 0. The minimum Gasteiger partial charge on any atom is -0.331 e. The van der Waals surface area contributed by atoms with Gasteiger partial charge in [-0.25, -0.2) is 4.98 Å². The summed E-state index contributed by atoms with van der Waals surface area (Å²) < 4.78 is 33.1. The quantitative estimate of drug-likeness (QED) is 0.653. The molecule has 6 heteroatoms. The number of aryl methyl sites for hydroxylation is 1. The number of unbranched alkanes of at least 4 members (excludes halogenated alkanes) is 3. The van der Waals surface area contributed by atoms with Gasteiger partial charge in [-0.2, -0.15) is 8.42 Å². The van der Waals surface area contributed by atoms with E-state index in [4.69, 9.17) is 4.55 Å². The molecule has 0 radical (unpaired) electrons. The molecule has 1 aromatic heterocycles. The second kappa shape index (κ2) is 5.71. The van der Waals surface area contributed by atoms with Crippen LogP contribution in [0.5, 0.6) is 0 Å². The van der Waals surface area contributed by atoms with E-state index in [1.807, 2.05) is 4.57 Å². The molecule has 2 rings (SSSR count). The number of fused-ring (bicyclic) bond motifs is 1. The Labute approximate surface area is 113 Å². The Bertz CT molecular complexity index is 662. The minimum atomic E-state index is -4.16. The SMILES string of the molecule is CCCCCCn1cnc2cc(S(=O)(=O)O)ccc21. The highest BCUT2D eigenvalue weighted by atomic mass is 32.2. The molecular formula is C13H18N2O3S. The maximum Gasteiger partial charge on any atom is 0.294 e. The Morgan fingerprint density at radius 1 is 1.26 bits per heavy atom. The first-order valence-electron chi connectivity index (χ1n) is 6.45. The third kappa shape index (κ3) is 3.33. The highest BCUT2D eigenvalue weighted by Crippen LogP contribution is 2.18. The average molecular weight is 282 g/mol. The van der Waals surface area contributed by atoms with E-state index in [0.717, 1.165) is 18.5 Å². The van der Waals surface area contributed by atoms with E-state index in [2.05, 4.69) is 11.9 Å². The second-order valence-corrected chi connectivity index (χ2v) is 6.05. The van der Waals surface area contributed by atoms with E-state index < -0.39 is 10.1 Å². The Morgan fingerprint density at radius 3 is 2.74 bits per heavy atom. The number of imidazole rings is 1. The summed E-state index contributed by atoms with van der Waals surface area (Å²) in [6.45, 7) is 3.05. The summed E-state index contributed by atoms with van der Waals surface area (Å²) in [5, 5.41) is 0. The summed E-state index contributed by atoms with van der Waals surface area (Å²) in [6.07, 6.45) is 6.39. The van der Waals surface area contributed by atoms with Gasteiger partial charge in [0.15, 0.2) is 0 Å². The van der Waals surface area contributed by atoms with E-state index in [0.29, 0.717) is 5.52 Å². The molecule has 1 N–H and O–H groups in total. The Balaban J connectivity index is 2.20. The average Bonchev–Trinajstić information content (AvgIpc) is 2.76. The van der Waals surface area contributed by atoms with Crippen molar-refractivity contribution in [1.29, 1.82) is 0 Å². The molecule has 2 aromatic rings. The molecule has 0 spiro atoms. The predicted molar refractivity (Wildman–Crippen MR) is 73.7 cm³/mol. The van der Waals surface area contributed by atoms with Crippen LogP contribution in [0, 0.1) is 0 Å². The third-order valence-electron chi connectivity index (χ3n) is 3.14. The van der Waals surface area contributed by atoms with Gasteiger partial charge >= 0.3 is 0 Å². The molecule has 0 saturated heterocycles. The van der Waals surface area contributed by atoms with Gasteiger partial charge in [-0.3, -0.25) is 4.55 Å². The van der Waals surface area contributed by atoms with E-state index in [9.17, 15) is 8.42 Å². The number of benzene rings is 1. The Morgan fingerprint density at radius 2 is 2.05 bits per heavy atom. The number of rotatable bonds is 6. The van der Waals surface area contributed by atoms with Gasteiger partial charge in [0.1, 0.15) is 0 Å².